The largest absolute Gasteiger partial charge is 0.464 e. The number of hydrogen-bond acceptors (Lipinski definition) is 5. The summed E-state index contributed by atoms with van der Waals surface area (Å²) < 4.78 is 5.11. The molecule has 0 heterocycles. The van der Waals surface area contributed by atoms with Gasteiger partial charge in [0, 0.05) is 11.4 Å². The van der Waals surface area contributed by atoms with Gasteiger partial charge < -0.3 is 4.74 Å². The summed E-state index contributed by atoms with van der Waals surface area (Å²) in [5.74, 6) is -1.13. The Bertz CT molecular complexity index is 760. The van der Waals surface area contributed by atoms with Crippen molar-refractivity contribution in [2.45, 2.75) is 25.8 Å². The van der Waals surface area contributed by atoms with Crippen molar-refractivity contribution in [2.24, 2.45) is 10.2 Å². The Kier molecular flexibility index (Phi) is 6.42. The molecule has 0 radical (unpaired) electrons. The van der Waals surface area contributed by atoms with Crippen LogP contribution < -0.4 is 0 Å². The van der Waals surface area contributed by atoms with Gasteiger partial charge in [-0.05, 0) is 43.7 Å². The summed E-state index contributed by atoms with van der Waals surface area (Å²) in [4.78, 5) is 25.0. The fourth-order valence-corrected chi connectivity index (χ4v) is 2.41. The average molecular weight is 359 g/mol. The third-order valence-electron chi connectivity index (χ3n) is 3.66. The second-order valence-corrected chi connectivity index (χ2v) is 5.91. The lowest BCUT2D eigenvalue weighted by atomic mass is 9.88. The number of carbonyl (C=O) groups excluding carboxylic acids is 2. The van der Waals surface area contributed by atoms with E-state index in [2.05, 4.69) is 10.2 Å². The van der Waals surface area contributed by atoms with Crippen molar-refractivity contribution in [3.8, 4) is 0 Å². The summed E-state index contributed by atoms with van der Waals surface area (Å²) in [6, 6.07) is 15.8. The summed E-state index contributed by atoms with van der Waals surface area (Å²) in [7, 11) is 0. The maximum absolute atomic E-state index is 12.6. The Morgan fingerprint density at radius 3 is 2.28 bits per heavy atom. The van der Waals surface area contributed by atoms with Crippen LogP contribution in [-0.4, -0.2) is 23.9 Å². The molecule has 0 N–H and O–H groups in total. The molecule has 0 saturated heterocycles. The van der Waals surface area contributed by atoms with Gasteiger partial charge in [0.1, 0.15) is 0 Å². The molecule has 1 unspecified atom stereocenters. The van der Waals surface area contributed by atoms with Crippen LogP contribution >= 0.6 is 11.6 Å². The molecule has 2 aromatic carbocycles. The van der Waals surface area contributed by atoms with E-state index in [1.807, 2.05) is 30.3 Å². The highest BCUT2D eigenvalue weighted by Crippen LogP contribution is 2.25. The number of carbonyl (C=O) groups is 2. The third kappa shape index (κ3) is 4.73. The van der Waals surface area contributed by atoms with E-state index in [0.717, 1.165) is 5.56 Å². The van der Waals surface area contributed by atoms with Crippen molar-refractivity contribution in [3.05, 3.63) is 65.2 Å². The van der Waals surface area contributed by atoms with E-state index in [1.165, 1.54) is 6.92 Å². The van der Waals surface area contributed by atoms with Crippen molar-refractivity contribution in [3.63, 3.8) is 0 Å². The minimum absolute atomic E-state index is 0.0824. The molecule has 6 heteroatoms. The smallest absolute Gasteiger partial charge is 0.344 e. The first-order valence-electron chi connectivity index (χ1n) is 7.88. The fraction of sp³-hybridized carbons (Fsp3) is 0.263. The van der Waals surface area contributed by atoms with E-state index in [9.17, 15) is 9.59 Å². The maximum Gasteiger partial charge on any atom is 0.344 e. The molecule has 0 saturated carbocycles. The van der Waals surface area contributed by atoms with Crippen LogP contribution in [0.3, 0.4) is 0 Å². The Labute approximate surface area is 151 Å². The van der Waals surface area contributed by atoms with E-state index >= 15 is 0 Å². The second kappa shape index (κ2) is 8.53. The van der Waals surface area contributed by atoms with Crippen molar-refractivity contribution < 1.29 is 14.3 Å². The zero-order valence-corrected chi connectivity index (χ0v) is 14.9. The van der Waals surface area contributed by atoms with Crippen LogP contribution in [0.2, 0.25) is 5.02 Å². The molecule has 2 rings (SSSR count). The van der Waals surface area contributed by atoms with Gasteiger partial charge in [-0.3, -0.25) is 4.79 Å². The number of Topliss-reactive ketones (excluding diaryl/α,β-unsaturated/α-hetero) is 1. The molecule has 0 aliphatic carbocycles. The molecular formula is C19H19ClN2O3. The average Bonchev–Trinajstić information content (AvgIpc) is 2.60. The lowest BCUT2D eigenvalue weighted by molar-refractivity contribution is -0.153. The molecule has 0 aliphatic rings. The Morgan fingerprint density at radius 1 is 1.08 bits per heavy atom. The first-order valence-corrected chi connectivity index (χ1v) is 8.26. The molecule has 1 atom stereocenters. The lowest BCUT2D eigenvalue weighted by Crippen LogP contribution is -2.46. The van der Waals surface area contributed by atoms with Gasteiger partial charge in [-0.25, -0.2) is 4.79 Å². The molecule has 0 amide bonds. The maximum atomic E-state index is 12.6. The number of azo groups is 1. The molecule has 0 spiro atoms. The molecule has 0 fully saturated rings. The topological polar surface area (TPSA) is 68.1 Å². The fourth-order valence-electron chi connectivity index (χ4n) is 2.28. The van der Waals surface area contributed by atoms with Crippen molar-refractivity contribution >= 4 is 29.0 Å². The molecule has 2 aromatic rings. The van der Waals surface area contributed by atoms with Gasteiger partial charge in [0.05, 0.1) is 12.3 Å². The first kappa shape index (κ1) is 18.8. The first-order chi connectivity index (χ1) is 12.0. The van der Waals surface area contributed by atoms with Gasteiger partial charge in [-0.2, -0.15) is 10.2 Å². The number of esters is 1. The number of halogens is 1. The molecule has 25 heavy (non-hydrogen) atoms. The molecule has 0 bridgehead atoms. The van der Waals surface area contributed by atoms with Gasteiger partial charge in [-0.15, -0.1) is 0 Å². The zero-order chi connectivity index (χ0) is 18.3. The monoisotopic (exact) mass is 358 g/mol. The summed E-state index contributed by atoms with van der Waals surface area (Å²) in [5.41, 5.74) is -0.426. The van der Waals surface area contributed by atoms with E-state index in [4.69, 9.17) is 16.3 Å². The highest BCUT2D eigenvalue weighted by atomic mass is 35.5. The molecule has 0 aliphatic heterocycles. The molecule has 0 aromatic heterocycles. The number of hydrogen-bond donors (Lipinski definition) is 0. The highest BCUT2D eigenvalue weighted by Gasteiger charge is 2.46. The van der Waals surface area contributed by atoms with E-state index < -0.39 is 17.3 Å². The number of ether oxygens (including phenoxy) is 1. The minimum Gasteiger partial charge on any atom is -0.464 e. The van der Waals surface area contributed by atoms with E-state index in [-0.39, 0.29) is 13.0 Å². The van der Waals surface area contributed by atoms with E-state index in [1.54, 1.807) is 31.2 Å². The van der Waals surface area contributed by atoms with Gasteiger partial charge >= 0.3 is 5.97 Å². The van der Waals surface area contributed by atoms with Gasteiger partial charge in [0.25, 0.3) is 0 Å². The highest BCUT2D eigenvalue weighted by molar-refractivity contribution is 6.30. The lowest BCUT2D eigenvalue weighted by Gasteiger charge is -2.23. The number of nitrogens with zero attached hydrogens (tertiary/aromatic N) is 2. The van der Waals surface area contributed by atoms with Crippen LogP contribution in [0.4, 0.5) is 5.69 Å². The second-order valence-electron chi connectivity index (χ2n) is 5.48. The van der Waals surface area contributed by atoms with Crippen molar-refractivity contribution in [1.82, 2.24) is 0 Å². The van der Waals surface area contributed by atoms with Gasteiger partial charge in [0.15, 0.2) is 5.78 Å². The summed E-state index contributed by atoms with van der Waals surface area (Å²) >= 11 is 5.85. The summed E-state index contributed by atoms with van der Waals surface area (Å²) in [6.07, 6.45) is 0.0824. The number of rotatable bonds is 7. The predicted octanol–water partition coefficient (Wildman–Crippen LogP) is 4.56. The molecule has 5 nitrogen and oxygen atoms in total. The molecule has 130 valence electrons. The predicted molar refractivity (Wildman–Crippen MR) is 96.2 cm³/mol. The third-order valence-corrected chi connectivity index (χ3v) is 3.91. The van der Waals surface area contributed by atoms with Crippen LogP contribution in [0.1, 0.15) is 19.4 Å². The van der Waals surface area contributed by atoms with Crippen LogP contribution in [-0.2, 0) is 20.7 Å². The van der Waals surface area contributed by atoms with Gasteiger partial charge in [0.2, 0.25) is 5.54 Å². The summed E-state index contributed by atoms with van der Waals surface area (Å²) in [6.45, 7) is 3.15. The summed E-state index contributed by atoms with van der Waals surface area (Å²) in [5, 5.41) is 8.77. The SMILES string of the molecule is CCOC(=O)C(Cc1ccccc1)(N=Nc1ccc(Cl)cc1)C(C)=O. The Hall–Kier alpha value is -2.53. The quantitative estimate of drug-likeness (QED) is 0.414. The van der Waals surface area contributed by atoms with E-state index in [0.29, 0.717) is 10.7 Å². The van der Waals surface area contributed by atoms with Crippen LogP contribution in [0, 0.1) is 0 Å². The Balaban J connectivity index is 2.43. The number of ketones is 1. The molecular weight excluding hydrogens is 340 g/mol. The van der Waals surface area contributed by atoms with Gasteiger partial charge in [-0.1, -0.05) is 41.9 Å². The van der Waals surface area contributed by atoms with Crippen molar-refractivity contribution in [1.29, 1.82) is 0 Å². The minimum atomic E-state index is -1.71. The standard InChI is InChI=1S/C19H19ClN2O3/c1-3-25-18(24)19(14(2)23,13-15-7-5-4-6-8-15)22-21-17-11-9-16(20)10-12-17/h4-12H,3,13H2,1-2H3. The van der Waals surface area contributed by atoms with Crippen LogP contribution in [0.5, 0.6) is 0 Å². The normalized spacial score (nSPS) is 13.4. The van der Waals surface area contributed by atoms with Crippen LogP contribution in [0.25, 0.3) is 0 Å². The van der Waals surface area contributed by atoms with Crippen LogP contribution in [0.15, 0.2) is 64.8 Å². The Morgan fingerprint density at radius 2 is 1.72 bits per heavy atom. The number of benzene rings is 2. The van der Waals surface area contributed by atoms with Crippen molar-refractivity contribution in [2.75, 3.05) is 6.61 Å². The zero-order valence-electron chi connectivity index (χ0n) is 14.1.